The number of benzene rings is 1. The van der Waals surface area contributed by atoms with Gasteiger partial charge in [-0.2, -0.15) is 0 Å². The van der Waals surface area contributed by atoms with Crippen LogP contribution in [0, 0.1) is 0 Å². The summed E-state index contributed by atoms with van der Waals surface area (Å²) in [5.41, 5.74) is 3.03. The van der Waals surface area contributed by atoms with Gasteiger partial charge in [0, 0.05) is 25.2 Å². The van der Waals surface area contributed by atoms with Crippen LogP contribution in [-0.4, -0.2) is 35.4 Å². The molecule has 1 heterocycles. The van der Waals surface area contributed by atoms with Crippen molar-refractivity contribution in [1.82, 2.24) is 15.0 Å². The zero-order valence-electron chi connectivity index (χ0n) is 12.6. The van der Waals surface area contributed by atoms with Crippen molar-refractivity contribution >= 4 is 12.0 Å². The standard InChI is InChI=1S/C15H20N4O/c1-15(2,3)14-13(10-20)16-17-19(14)12-8-6-11(7-9-12)18(4)5/h6-10H,1-5H3. The van der Waals surface area contributed by atoms with Crippen molar-refractivity contribution in [3.05, 3.63) is 35.7 Å². The Bertz CT molecular complexity index is 606. The van der Waals surface area contributed by atoms with Gasteiger partial charge in [-0.1, -0.05) is 26.0 Å². The van der Waals surface area contributed by atoms with Gasteiger partial charge in [-0.25, -0.2) is 4.68 Å². The second-order valence-electron chi connectivity index (χ2n) is 6.01. The molecule has 2 rings (SSSR count). The first-order chi connectivity index (χ1) is 9.34. The van der Waals surface area contributed by atoms with Crippen LogP contribution in [0.15, 0.2) is 24.3 Å². The Balaban J connectivity index is 2.53. The smallest absolute Gasteiger partial charge is 0.172 e. The van der Waals surface area contributed by atoms with Gasteiger partial charge >= 0.3 is 0 Å². The number of rotatable bonds is 3. The van der Waals surface area contributed by atoms with Crippen LogP contribution in [0.5, 0.6) is 0 Å². The Morgan fingerprint density at radius 3 is 2.20 bits per heavy atom. The third-order valence-corrected chi connectivity index (χ3v) is 3.13. The highest BCUT2D eigenvalue weighted by Crippen LogP contribution is 2.26. The van der Waals surface area contributed by atoms with Crippen molar-refractivity contribution in [1.29, 1.82) is 0 Å². The minimum Gasteiger partial charge on any atom is -0.378 e. The molecule has 0 spiro atoms. The number of hydrogen-bond donors (Lipinski definition) is 0. The van der Waals surface area contributed by atoms with E-state index in [9.17, 15) is 4.79 Å². The van der Waals surface area contributed by atoms with E-state index in [1.54, 1.807) is 4.68 Å². The van der Waals surface area contributed by atoms with Crippen LogP contribution in [0.4, 0.5) is 5.69 Å². The number of aldehydes is 1. The molecular weight excluding hydrogens is 252 g/mol. The maximum Gasteiger partial charge on any atom is 0.172 e. The van der Waals surface area contributed by atoms with E-state index in [-0.39, 0.29) is 5.41 Å². The molecule has 0 atom stereocenters. The van der Waals surface area contributed by atoms with Crippen LogP contribution in [-0.2, 0) is 5.41 Å². The fraction of sp³-hybridized carbons (Fsp3) is 0.400. The van der Waals surface area contributed by atoms with Crippen molar-refractivity contribution < 1.29 is 4.79 Å². The molecule has 0 N–H and O–H groups in total. The topological polar surface area (TPSA) is 51.0 Å². The van der Waals surface area contributed by atoms with Gasteiger partial charge in [-0.15, -0.1) is 5.10 Å². The largest absolute Gasteiger partial charge is 0.378 e. The van der Waals surface area contributed by atoms with Crippen molar-refractivity contribution in [2.75, 3.05) is 19.0 Å². The molecule has 0 aliphatic heterocycles. The third-order valence-electron chi connectivity index (χ3n) is 3.13. The van der Waals surface area contributed by atoms with Crippen LogP contribution < -0.4 is 4.90 Å². The highest BCUT2D eigenvalue weighted by molar-refractivity contribution is 5.74. The van der Waals surface area contributed by atoms with Crippen LogP contribution in [0.3, 0.4) is 0 Å². The van der Waals surface area contributed by atoms with Gasteiger partial charge in [-0.3, -0.25) is 4.79 Å². The first kappa shape index (κ1) is 14.2. The van der Waals surface area contributed by atoms with Gasteiger partial charge in [0.05, 0.1) is 11.4 Å². The van der Waals surface area contributed by atoms with Crippen LogP contribution in [0.2, 0.25) is 0 Å². The molecule has 0 unspecified atom stereocenters. The predicted octanol–water partition coefficient (Wildman–Crippen LogP) is 2.44. The highest BCUT2D eigenvalue weighted by atomic mass is 16.1. The zero-order valence-corrected chi connectivity index (χ0v) is 12.6. The van der Waals surface area contributed by atoms with Crippen LogP contribution in [0.1, 0.15) is 37.0 Å². The molecule has 5 nitrogen and oxygen atoms in total. The lowest BCUT2D eigenvalue weighted by molar-refractivity contribution is 0.111. The van der Waals surface area contributed by atoms with E-state index >= 15 is 0 Å². The normalized spacial score (nSPS) is 11.4. The van der Waals surface area contributed by atoms with Crippen LogP contribution in [0.25, 0.3) is 5.69 Å². The first-order valence-electron chi connectivity index (χ1n) is 6.53. The van der Waals surface area contributed by atoms with Crippen molar-refractivity contribution in [2.45, 2.75) is 26.2 Å². The van der Waals surface area contributed by atoms with Crippen molar-refractivity contribution in [2.24, 2.45) is 0 Å². The maximum atomic E-state index is 11.1. The number of aromatic nitrogens is 3. The summed E-state index contributed by atoms with van der Waals surface area (Å²) >= 11 is 0. The Morgan fingerprint density at radius 1 is 1.15 bits per heavy atom. The molecule has 1 aromatic carbocycles. The number of carbonyl (C=O) groups excluding carboxylic acids is 1. The second kappa shape index (κ2) is 5.07. The van der Waals surface area contributed by atoms with E-state index in [0.717, 1.165) is 23.4 Å². The van der Waals surface area contributed by atoms with E-state index in [1.807, 2.05) is 64.0 Å². The lowest BCUT2D eigenvalue weighted by Crippen LogP contribution is -2.19. The Morgan fingerprint density at radius 2 is 1.75 bits per heavy atom. The lowest BCUT2D eigenvalue weighted by Gasteiger charge is -2.20. The molecule has 2 aromatic rings. The average Bonchev–Trinajstić information content (AvgIpc) is 2.82. The number of hydrogen-bond acceptors (Lipinski definition) is 4. The van der Waals surface area contributed by atoms with E-state index < -0.39 is 0 Å². The summed E-state index contributed by atoms with van der Waals surface area (Å²) in [5.74, 6) is 0. The molecule has 0 saturated carbocycles. The summed E-state index contributed by atoms with van der Waals surface area (Å²) in [6, 6.07) is 8.00. The third kappa shape index (κ3) is 2.57. The Labute approximate surface area is 119 Å². The molecule has 0 radical (unpaired) electrons. The minimum absolute atomic E-state index is 0.208. The first-order valence-corrected chi connectivity index (χ1v) is 6.53. The van der Waals surface area contributed by atoms with Crippen molar-refractivity contribution in [3.8, 4) is 5.69 Å². The number of carbonyl (C=O) groups is 1. The summed E-state index contributed by atoms with van der Waals surface area (Å²) in [6.07, 6.45) is 0.762. The molecule has 0 bridgehead atoms. The fourth-order valence-electron chi connectivity index (χ4n) is 2.15. The van der Waals surface area contributed by atoms with E-state index in [4.69, 9.17) is 0 Å². The SMILES string of the molecule is CN(C)c1ccc(-n2nnc(C=O)c2C(C)(C)C)cc1. The van der Waals surface area contributed by atoms with Crippen molar-refractivity contribution in [3.63, 3.8) is 0 Å². The summed E-state index contributed by atoms with van der Waals surface area (Å²) in [5, 5.41) is 8.09. The van der Waals surface area contributed by atoms with Gasteiger partial charge in [0.15, 0.2) is 6.29 Å². The Kier molecular flexibility index (Phi) is 3.61. The fourth-order valence-corrected chi connectivity index (χ4v) is 2.15. The Hall–Kier alpha value is -2.17. The van der Waals surface area contributed by atoms with Gasteiger partial charge in [0.1, 0.15) is 5.69 Å². The molecule has 106 valence electrons. The number of anilines is 1. The van der Waals surface area contributed by atoms with Gasteiger partial charge in [0.25, 0.3) is 0 Å². The monoisotopic (exact) mass is 272 g/mol. The molecule has 0 amide bonds. The summed E-state index contributed by atoms with van der Waals surface area (Å²) in [6.45, 7) is 6.14. The van der Waals surface area contributed by atoms with Gasteiger partial charge < -0.3 is 4.90 Å². The zero-order chi connectivity index (χ0) is 14.9. The molecular formula is C15H20N4O. The molecule has 0 aliphatic carbocycles. The number of nitrogens with zero attached hydrogens (tertiary/aromatic N) is 4. The quantitative estimate of drug-likeness (QED) is 0.805. The maximum absolute atomic E-state index is 11.1. The molecule has 0 saturated heterocycles. The predicted molar refractivity (Wildman–Crippen MR) is 79.8 cm³/mol. The molecule has 1 aromatic heterocycles. The van der Waals surface area contributed by atoms with E-state index in [2.05, 4.69) is 10.3 Å². The molecule has 5 heteroatoms. The summed E-state index contributed by atoms with van der Waals surface area (Å²) in [7, 11) is 3.99. The average molecular weight is 272 g/mol. The van der Waals surface area contributed by atoms with E-state index in [0.29, 0.717) is 5.69 Å². The molecule has 0 aliphatic rings. The van der Waals surface area contributed by atoms with E-state index in [1.165, 1.54) is 0 Å². The summed E-state index contributed by atoms with van der Waals surface area (Å²) in [4.78, 5) is 13.2. The second-order valence-corrected chi connectivity index (χ2v) is 6.01. The lowest BCUT2D eigenvalue weighted by atomic mass is 9.90. The van der Waals surface area contributed by atoms with Gasteiger partial charge in [-0.05, 0) is 24.3 Å². The highest BCUT2D eigenvalue weighted by Gasteiger charge is 2.25. The minimum atomic E-state index is -0.208. The van der Waals surface area contributed by atoms with Gasteiger partial charge in [0.2, 0.25) is 0 Å². The molecule has 0 fully saturated rings. The molecule has 20 heavy (non-hydrogen) atoms. The van der Waals surface area contributed by atoms with Crippen LogP contribution >= 0.6 is 0 Å². The summed E-state index contributed by atoms with van der Waals surface area (Å²) < 4.78 is 1.74.